The summed E-state index contributed by atoms with van der Waals surface area (Å²) in [6, 6.07) is 3.99. The van der Waals surface area contributed by atoms with Crippen LogP contribution in [0, 0.1) is 6.92 Å². The first kappa shape index (κ1) is 11.9. The van der Waals surface area contributed by atoms with Crippen molar-refractivity contribution in [1.82, 2.24) is 4.98 Å². The van der Waals surface area contributed by atoms with Crippen LogP contribution in [0.4, 0.5) is 5.82 Å². The van der Waals surface area contributed by atoms with E-state index in [4.69, 9.17) is 9.47 Å². The van der Waals surface area contributed by atoms with Crippen molar-refractivity contribution < 1.29 is 9.47 Å². The summed E-state index contributed by atoms with van der Waals surface area (Å²) in [7, 11) is 1.66. The van der Waals surface area contributed by atoms with E-state index in [1.165, 1.54) is 0 Å². The molecular formula is C11H18N2O2. The van der Waals surface area contributed by atoms with Gasteiger partial charge in [-0.2, -0.15) is 0 Å². The third kappa shape index (κ3) is 5.34. The van der Waals surface area contributed by atoms with Gasteiger partial charge in [0.1, 0.15) is 5.82 Å². The highest BCUT2D eigenvalue weighted by Crippen LogP contribution is 2.02. The van der Waals surface area contributed by atoms with Crippen LogP contribution in [0.25, 0.3) is 0 Å². The second kappa shape index (κ2) is 7.20. The molecule has 1 heterocycles. The van der Waals surface area contributed by atoms with Crippen molar-refractivity contribution in [3.05, 3.63) is 23.9 Å². The van der Waals surface area contributed by atoms with Crippen molar-refractivity contribution in [2.75, 3.05) is 38.8 Å². The summed E-state index contributed by atoms with van der Waals surface area (Å²) in [5.74, 6) is 0.885. The molecule has 0 saturated heterocycles. The van der Waals surface area contributed by atoms with E-state index in [0.717, 1.165) is 17.9 Å². The zero-order chi connectivity index (χ0) is 10.9. The van der Waals surface area contributed by atoms with E-state index in [9.17, 15) is 0 Å². The second-order valence-electron chi connectivity index (χ2n) is 3.25. The van der Waals surface area contributed by atoms with E-state index in [1.54, 1.807) is 7.11 Å². The molecule has 0 bridgehead atoms. The van der Waals surface area contributed by atoms with Crippen molar-refractivity contribution in [1.29, 1.82) is 0 Å². The first-order valence-corrected chi connectivity index (χ1v) is 5.06. The number of aromatic nitrogens is 1. The minimum Gasteiger partial charge on any atom is -0.382 e. The Labute approximate surface area is 90.6 Å². The average molecular weight is 210 g/mol. The molecule has 1 aromatic rings. The number of ether oxygens (including phenoxy) is 2. The van der Waals surface area contributed by atoms with Gasteiger partial charge in [-0.05, 0) is 18.6 Å². The normalized spacial score (nSPS) is 10.3. The summed E-state index contributed by atoms with van der Waals surface area (Å²) in [4.78, 5) is 4.22. The molecule has 0 spiro atoms. The molecule has 0 radical (unpaired) electrons. The summed E-state index contributed by atoms with van der Waals surface area (Å²) in [5.41, 5.74) is 1.16. The Hall–Kier alpha value is -1.13. The Balaban J connectivity index is 2.07. The van der Waals surface area contributed by atoms with Gasteiger partial charge in [0.25, 0.3) is 0 Å². The number of hydrogen-bond acceptors (Lipinski definition) is 4. The maximum Gasteiger partial charge on any atom is 0.125 e. The van der Waals surface area contributed by atoms with Gasteiger partial charge in [0.05, 0.1) is 19.8 Å². The van der Waals surface area contributed by atoms with E-state index in [0.29, 0.717) is 19.8 Å². The topological polar surface area (TPSA) is 43.4 Å². The third-order valence-electron chi connectivity index (χ3n) is 1.90. The van der Waals surface area contributed by atoms with E-state index in [-0.39, 0.29) is 0 Å². The van der Waals surface area contributed by atoms with Crippen LogP contribution in [0.1, 0.15) is 5.56 Å². The Kier molecular flexibility index (Phi) is 5.73. The molecule has 15 heavy (non-hydrogen) atoms. The molecule has 1 rings (SSSR count). The molecule has 0 aliphatic heterocycles. The molecule has 1 N–H and O–H groups in total. The Bertz CT molecular complexity index is 262. The molecule has 0 fully saturated rings. The lowest BCUT2D eigenvalue weighted by molar-refractivity contribution is 0.0759. The van der Waals surface area contributed by atoms with E-state index in [2.05, 4.69) is 10.3 Å². The van der Waals surface area contributed by atoms with Gasteiger partial charge >= 0.3 is 0 Å². The lowest BCUT2D eigenvalue weighted by atomic mass is 10.3. The highest BCUT2D eigenvalue weighted by Gasteiger charge is 1.92. The van der Waals surface area contributed by atoms with E-state index in [1.807, 2.05) is 25.3 Å². The summed E-state index contributed by atoms with van der Waals surface area (Å²) in [6.45, 7) is 4.73. The predicted molar refractivity (Wildman–Crippen MR) is 60.2 cm³/mol. The van der Waals surface area contributed by atoms with Gasteiger partial charge in [0.15, 0.2) is 0 Å². The van der Waals surface area contributed by atoms with Crippen LogP contribution >= 0.6 is 0 Å². The molecule has 0 saturated carbocycles. The fraction of sp³-hybridized carbons (Fsp3) is 0.545. The Morgan fingerprint density at radius 3 is 2.80 bits per heavy atom. The van der Waals surface area contributed by atoms with Crippen LogP contribution in [0.15, 0.2) is 18.3 Å². The minimum atomic E-state index is 0.638. The van der Waals surface area contributed by atoms with Crippen LogP contribution in [-0.2, 0) is 9.47 Å². The van der Waals surface area contributed by atoms with Crippen LogP contribution in [0.5, 0.6) is 0 Å². The number of nitrogens with one attached hydrogen (secondary N) is 1. The molecule has 1 aromatic heterocycles. The Morgan fingerprint density at radius 1 is 1.27 bits per heavy atom. The minimum absolute atomic E-state index is 0.638. The SMILES string of the molecule is COCCOCCNc1ccc(C)cn1. The number of pyridine rings is 1. The molecule has 84 valence electrons. The van der Waals surface area contributed by atoms with Crippen molar-refractivity contribution in [3.8, 4) is 0 Å². The van der Waals surface area contributed by atoms with E-state index < -0.39 is 0 Å². The van der Waals surface area contributed by atoms with E-state index >= 15 is 0 Å². The van der Waals surface area contributed by atoms with Gasteiger partial charge < -0.3 is 14.8 Å². The molecule has 0 unspecified atom stereocenters. The number of methoxy groups -OCH3 is 1. The molecule has 4 heteroatoms. The van der Waals surface area contributed by atoms with Gasteiger partial charge in [0, 0.05) is 19.9 Å². The number of nitrogens with zero attached hydrogens (tertiary/aromatic N) is 1. The first-order valence-electron chi connectivity index (χ1n) is 5.06. The maximum atomic E-state index is 5.30. The highest BCUT2D eigenvalue weighted by molar-refractivity contribution is 5.34. The van der Waals surface area contributed by atoms with Crippen LogP contribution < -0.4 is 5.32 Å². The molecule has 0 aliphatic rings. The fourth-order valence-electron chi connectivity index (χ4n) is 1.07. The van der Waals surface area contributed by atoms with Crippen molar-refractivity contribution in [2.45, 2.75) is 6.92 Å². The largest absolute Gasteiger partial charge is 0.382 e. The number of aryl methyl sites for hydroxylation is 1. The third-order valence-corrected chi connectivity index (χ3v) is 1.90. The Morgan fingerprint density at radius 2 is 2.13 bits per heavy atom. The lowest BCUT2D eigenvalue weighted by Crippen LogP contribution is -2.12. The van der Waals surface area contributed by atoms with Crippen molar-refractivity contribution in [2.24, 2.45) is 0 Å². The van der Waals surface area contributed by atoms with Crippen molar-refractivity contribution in [3.63, 3.8) is 0 Å². The smallest absolute Gasteiger partial charge is 0.125 e. The summed E-state index contributed by atoms with van der Waals surface area (Å²) < 4.78 is 10.2. The monoisotopic (exact) mass is 210 g/mol. The lowest BCUT2D eigenvalue weighted by Gasteiger charge is -2.06. The fourth-order valence-corrected chi connectivity index (χ4v) is 1.07. The van der Waals surface area contributed by atoms with Gasteiger partial charge in [-0.25, -0.2) is 4.98 Å². The molecule has 0 atom stereocenters. The van der Waals surface area contributed by atoms with Gasteiger partial charge in [-0.1, -0.05) is 6.07 Å². The van der Waals surface area contributed by atoms with Crippen LogP contribution in [0.3, 0.4) is 0 Å². The number of hydrogen-bond donors (Lipinski definition) is 1. The summed E-state index contributed by atoms with van der Waals surface area (Å²) in [6.07, 6.45) is 1.84. The first-order chi connectivity index (χ1) is 7.33. The van der Waals surface area contributed by atoms with Crippen molar-refractivity contribution >= 4 is 5.82 Å². The molecule has 0 aliphatic carbocycles. The zero-order valence-corrected chi connectivity index (χ0v) is 9.32. The standard InChI is InChI=1S/C11H18N2O2/c1-10-3-4-11(13-9-10)12-5-6-15-8-7-14-2/h3-4,9H,5-8H2,1-2H3,(H,12,13). The second-order valence-corrected chi connectivity index (χ2v) is 3.25. The highest BCUT2D eigenvalue weighted by atomic mass is 16.5. The number of rotatable bonds is 7. The predicted octanol–water partition coefficient (Wildman–Crippen LogP) is 1.46. The van der Waals surface area contributed by atoms with Gasteiger partial charge in [-0.15, -0.1) is 0 Å². The average Bonchev–Trinajstić information content (AvgIpc) is 2.26. The molecular weight excluding hydrogens is 192 g/mol. The number of anilines is 1. The summed E-state index contributed by atoms with van der Waals surface area (Å²) in [5, 5.41) is 3.17. The van der Waals surface area contributed by atoms with Crippen LogP contribution in [0.2, 0.25) is 0 Å². The quantitative estimate of drug-likeness (QED) is 0.692. The van der Waals surface area contributed by atoms with Gasteiger partial charge in [-0.3, -0.25) is 0 Å². The van der Waals surface area contributed by atoms with Gasteiger partial charge in [0.2, 0.25) is 0 Å². The molecule has 4 nitrogen and oxygen atoms in total. The molecule has 0 aromatic carbocycles. The maximum absolute atomic E-state index is 5.30. The molecule has 0 amide bonds. The summed E-state index contributed by atoms with van der Waals surface area (Å²) >= 11 is 0. The zero-order valence-electron chi connectivity index (χ0n) is 9.32. The van der Waals surface area contributed by atoms with Crippen LogP contribution in [-0.4, -0.2) is 38.5 Å².